The molecule has 0 spiro atoms. The molecule has 0 saturated carbocycles. The van der Waals surface area contributed by atoms with Crippen LogP contribution in [0.2, 0.25) is 0 Å². The first-order valence-corrected chi connectivity index (χ1v) is 5.96. The third kappa shape index (κ3) is 2.16. The molecular weight excluding hydrogens is 215 g/mol. The highest BCUT2D eigenvalue weighted by Gasteiger charge is 2.39. The standard InChI is InChI=1S/C10H11O4P/c1-8-9(2)13-15(11,12-8)14-10-6-4-3-5-7-10/h3-7H,1-2H3. The van der Waals surface area contributed by atoms with Crippen LogP contribution in [0.15, 0.2) is 41.9 Å². The normalized spacial score (nSPS) is 18.3. The molecule has 4 nitrogen and oxygen atoms in total. The van der Waals surface area contributed by atoms with Gasteiger partial charge in [-0.1, -0.05) is 18.2 Å². The van der Waals surface area contributed by atoms with Crippen LogP contribution in [-0.2, 0) is 13.6 Å². The molecule has 0 radical (unpaired) electrons. The van der Waals surface area contributed by atoms with Gasteiger partial charge in [0.2, 0.25) is 0 Å². The van der Waals surface area contributed by atoms with Crippen LogP contribution in [-0.4, -0.2) is 0 Å². The van der Waals surface area contributed by atoms with E-state index in [2.05, 4.69) is 0 Å². The summed E-state index contributed by atoms with van der Waals surface area (Å²) < 4.78 is 27.2. The van der Waals surface area contributed by atoms with Crippen molar-refractivity contribution >= 4 is 7.82 Å². The molecule has 1 aromatic rings. The second kappa shape index (κ2) is 3.63. The van der Waals surface area contributed by atoms with Gasteiger partial charge in [0.25, 0.3) is 0 Å². The van der Waals surface area contributed by atoms with E-state index in [1.165, 1.54) is 0 Å². The predicted molar refractivity (Wildman–Crippen MR) is 55.2 cm³/mol. The van der Waals surface area contributed by atoms with E-state index in [-0.39, 0.29) is 0 Å². The zero-order valence-corrected chi connectivity index (χ0v) is 9.36. The molecule has 0 fully saturated rings. The van der Waals surface area contributed by atoms with Gasteiger partial charge >= 0.3 is 7.82 Å². The molecule has 80 valence electrons. The summed E-state index contributed by atoms with van der Waals surface area (Å²) in [6, 6.07) is 8.79. The molecule has 0 unspecified atom stereocenters. The molecule has 0 aliphatic carbocycles. The van der Waals surface area contributed by atoms with E-state index in [0.29, 0.717) is 17.3 Å². The summed E-state index contributed by atoms with van der Waals surface area (Å²) in [5.41, 5.74) is 0. The number of rotatable bonds is 2. The quantitative estimate of drug-likeness (QED) is 0.724. The Hall–Kier alpha value is -1.41. The Bertz CT molecular complexity index is 420. The van der Waals surface area contributed by atoms with Crippen LogP contribution >= 0.6 is 7.82 Å². The molecule has 5 heteroatoms. The maximum atomic E-state index is 11.9. The van der Waals surface area contributed by atoms with Gasteiger partial charge in [-0.15, -0.1) is 0 Å². The monoisotopic (exact) mass is 226 g/mol. The van der Waals surface area contributed by atoms with Gasteiger partial charge in [-0.3, -0.25) is 0 Å². The lowest BCUT2D eigenvalue weighted by Gasteiger charge is -2.11. The van der Waals surface area contributed by atoms with Crippen molar-refractivity contribution in [2.45, 2.75) is 13.8 Å². The zero-order chi connectivity index (χ0) is 10.9. The van der Waals surface area contributed by atoms with Gasteiger partial charge in [0.15, 0.2) is 0 Å². The van der Waals surface area contributed by atoms with Crippen molar-refractivity contribution in [2.75, 3.05) is 0 Å². The van der Waals surface area contributed by atoms with Gasteiger partial charge in [-0.25, -0.2) is 0 Å². The summed E-state index contributed by atoms with van der Waals surface area (Å²) in [5.74, 6) is 1.45. The molecule has 1 aliphatic rings. The Morgan fingerprint density at radius 3 is 2.13 bits per heavy atom. The molecule has 0 saturated heterocycles. The van der Waals surface area contributed by atoms with Crippen molar-refractivity contribution in [2.24, 2.45) is 0 Å². The van der Waals surface area contributed by atoms with Crippen LogP contribution in [0.1, 0.15) is 13.8 Å². The zero-order valence-electron chi connectivity index (χ0n) is 8.47. The van der Waals surface area contributed by atoms with Crippen molar-refractivity contribution in [3.05, 3.63) is 41.9 Å². The van der Waals surface area contributed by atoms with Crippen molar-refractivity contribution in [1.82, 2.24) is 0 Å². The Morgan fingerprint density at radius 1 is 1.07 bits per heavy atom. The molecule has 1 aliphatic heterocycles. The smallest absolute Gasteiger partial charge is 0.387 e. The summed E-state index contributed by atoms with van der Waals surface area (Å²) in [6.07, 6.45) is 0. The summed E-state index contributed by atoms with van der Waals surface area (Å²) in [6.45, 7) is 3.37. The largest absolute Gasteiger partial charge is 0.646 e. The number of allylic oxidation sites excluding steroid dienone is 2. The summed E-state index contributed by atoms with van der Waals surface area (Å²) in [5, 5.41) is 0. The fourth-order valence-electron chi connectivity index (χ4n) is 1.13. The van der Waals surface area contributed by atoms with Gasteiger partial charge < -0.3 is 13.6 Å². The summed E-state index contributed by atoms with van der Waals surface area (Å²) in [4.78, 5) is 0. The SMILES string of the molecule is CC1=C(C)OP(=O)(Oc2ccccc2)O1. The highest BCUT2D eigenvalue weighted by Crippen LogP contribution is 2.57. The van der Waals surface area contributed by atoms with Crippen molar-refractivity contribution < 1.29 is 18.1 Å². The topological polar surface area (TPSA) is 44.8 Å². The van der Waals surface area contributed by atoms with E-state index in [9.17, 15) is 4.57 Å². The van der Waals surface area contributed by atoms with Crippen LogP contribution in [0.5, 0.6) is 5.75 Å². The first-order valence-electron chi connectivity index (χ1n) is 4.50. The number of benzene rings is 1. The lowest BCUT2D eigenvalue weighted by molar-refractivity contribution is 0.271. The second-order valence-corrected chi connectivity index (χ2v) is 4.59. The second-order valence-electron chi connectivity index (χ2n) is 3.15. The van der Waals surface area contributed by atoms with E-state index in [0.717, 1.165) is 0 Å². The summed E-state index contributed by atoms with van der Waals surface area (Å²) in [7, 11) is -3.48. The van der Waals surface area contributed by atoms with E-state index in [1.54, 1.807) is 38.1 Å². The molecule has 0 amide bonds. The van der Waals surface area contributed by atoms with Crippen molar-refractivity contribution in [3.63, 3.8) is 0 Å². The third-order valence-electron chi connectivity index (χ3n) is 1.95. The fourth-order valence-corrected chi connectivity index (χ4v) is 2.55. The van der Waals surface area contributed by atoms with E-state index in [4.69, 9.17) is 13.6 Å². The minimum atomic E-state index is -3.48. The van der Waals surface area contributed by atoms with Crippen molar-refractivity contribution in [3.8, 4) is 5.75 Å². The van der Waals surface area contributed by atoms with Crippen LogP contribution in [0.25, 0.3) is 0 Å². The number of hydrogen-bond donors (Lipinski definition) is 0. The van der Waals surface area contributed by atoms with Crippen LogP contribution in [0.3, 0.4) is 0 Å². The Labute approximate surface area is 88.1 Å². The first-order chi connectivity index (χ1) is 7.09. The predicted octanol–water partition coefficient (Wildman–Crippen LogP) is 3.47. The molecule has 15 heavy (non-hydrogen) atoms. The maximum absolute atomic E-state index is 11.9. The highest BCUT2D eigenvalue weighted by atomic mass is 31.2. The Kier molecular flexibility index (Phi) is 2.45. The van der Waals surface area contributed by atoms with E-state index >= 15 is 0 Å². The van der Waals surface area contributed by atoms with E-state index < -0.39 is 7.82 Å². The summed E-state index contributed by atoms with van der Waals surface area (Å²) >= 11 is 0. The Morgan fingerprint density at radius 2 is 1.60 bits per heavy atom. The number of hydrogen-bond acceptors (Lipinski definition) is 4. The van der Waals surface area contributed by atoms with Crippen LogP contribution in [0.4, 0.5) is 0 Å². The molecule has 0 N–H and O–H groups in total. The van der Waals surface area contributed by atoms with Gasteiger partial charge in [0.1, 0.15) is 17.3 Å². The van der Waals surface area contributed by atoms with Crippen molar-refractivity contribution in [1.29, 1.82) is 0 Å². The minimum absolute atomic E-state index is 0.461. The minimum Gasteiger partial charge on any atom is -0.387 e. The highest BCUT2D eigenvalue weighted by molar-refractivity contribution is 7.49. The van der Waals surface area contributed by atoms with Crippen LogP contribution in [0, 0.1) is 0 Å². The molecule has 0 bridgehead atoms. The maximum Gasteiger partial charge on any atom is 0.646 e. The lowest BCUT2D eigenvalue weighted by atomic mass is 10.3. The number of phosphoric acid groups is 1. The van der Waals surface area contributed by atoms with Gasteiger partial charge in [-0.05, 0) is 26.0 Å². The Balaban J connectivity index is 2.12. The number of para-hydroxylation sites is 1. The van der Waals surface area contributed by atoms with Gasteiger partial charge in [0, 0.05) is 0 Å². The fraction of sp³-hybridized carbons (Fsp3) is 0.200. The van der Waals surface area contributed by atoms with Crippen LogP contribution < -0.4 is 4.52 Å². The van der Waals surface area contributed by atoms with Gasteiger partial charge in [0.05, 0.1) is 0 Å². The average molecular weight is 226 g/mol. The van der Waals surface area contributed by atoms with E-state index in [1.807, 2.05) is 6.07 Å². The first kappa shape index (κ1) is 10.1. The lowest BCUT2D eigenvalue weighted by Crippen LogP contribution is -1.93. The molecule has 0 atom stereocenters. The molecule has 1 heterocycles. The molecule has 1 aromatic carbocycles. The molecule has 0 aromatic heterocycles. The third-order valence-corrected chi connectivity index (χ3v) is 3.38. The molecule has 2 rings (SSSR count). The molecular formula is C10H11O4P. The average Bonchev–Trinajstić information content (AvgIpc) is 2.42. The number of phosphoric ester groups is 1. The van der Waals surface area contributed by atoms with Gasteiger partial charge in [-0.2, -0.15) is 4.57 Å².